The fraction of sp³-hybridized carbons (Fsp3) is 0.435. The summed E-state index contributed by atoms with van der Waals surface area (Å²) in [7, 11) is 0. The number of anilines is 1. The Morgan fingerprint density at radius 3 is 2.14 bits per heavy atom. The van der Waals surface area contributed by atoms with Crippen molar-refractivity contribution in [1.82, 2.24) is 29.9 Å². The molecule has 5 rings (SSSR count). The Labute approximate surface area is 202 Å². The molecule has 0 N–H and O–H groups in total. The van der Waals surface area contributed by atoms with Crippen molar-refractivity contribution in [2.24, 2.45) is 0 Å². The number of halogens is 5. The highest BCUT2D eigenvalue weighted by Crippen LogP contribution is 2.46. The topological polar surface area (TPSA) is 80.0 Å². The molecule has 0 spiro atoms. The van der Waals surface area contributed by atoms with Gasteiger partial charge < -0.3 is 9.80 Å². The van der Waals surface area contributed by atoms with E-state index in [9.17, 15) is 18.0 Å². The van der Waals surface area contributed by atoms with E-state index >= 15 is 8.78 Å². The molecular weight excluding hydrogens is 485 g/mol. The highest BCUT2D eigenvalue weighted by atomic mass is 19.2. The second-order valence-electron chi connectivity index (χ2n) is 9.69. The number of nitrogens with zero attached hydrogens (tertiary/aromatic N) is 7. The van der Waals surface area contributed by atoms with Crippen molar-refractivity contribution in [3.8, 4) is 5.69 Å². The Morgan fingerprint density at radius 2 is 1.56 bits per heavy atom. The summed E-state index contributed by atoms with van der Waals surface area (Å²) in [5.41, 5.74) is -7.67. The van der Waals surface area contributed by atoms with Gasteiger partial charge in [0.05, 0.1) is 44.3 Å². The van der Waals surface area contributed by atoms with E-state index in [0.29, 0.717) is 5.69 Å². The average Bonchev–Trinajstić information content (AvgIpc) is 3.46. The van der Waals surface area contributed by atoms with Gasteiger partial charge in [0.25, 0.3) is 5.91 Å². The molecule has 2 saturated heterocycles. The van der Waals surface area contributed by atoms with Gasteiger partial charge in [0, 0.05) is 5.69 Å². The van der Waals surface area contributed by atoms with Gasteiger partial charge in [-0.1, -0.05) is 0 Å². The first kappa shape index (κ1) is 24.1. The summed E-state index contributed by atoms with van der Waals surface area (Å²) in [6.07, 6.45) is 2.42. The molecule has 190 valence electrons. The standard InChI is InChI=1S/C23H22F5N7O/c1-13-8-16(21(2,3)26)32-20(31-13)34-11-22(27)9-33(10-23(22,28)12-34)19(36)17-14(24)4-5-15(25)18(17)35-29-6-7-30-35/h4-8H,9-12H2,1-3H3/t22-,23+. The first-order chi connectivity index (χ1) is 16.8. The van der Waals surface area contributed by atoms with Crippen LogP contribution in [0.5, 0.6) is 0 Å². The van der Waals surface area contributed by atoms with E-state index in [1.54, 1.807) is 6.92 Å². The van der Waals surface area contributed by atoms with Crippen LogP contribution in [0.2, 0.25) is 0 Å². The lowest BCUT2D eigenvalue weighted by molar-refractivity contribution is 0.0491. The van der Waals surface area contributed by atoms with Gasteiger partial charge in [-0.2, -0.15) is 10.2 Å². The van der Waals surface area contributed by atoms with Crippen LogP contribution in [-0.4, -0.2) is 73.3 Å². The second kappa shape index (κ2) is 7.93. The predicted molar refractivity (Wildman–Crippen MR) is 118 cm³/mol. The third-order valence-corrected chi connectivity index (χ3v) is 6.50. The van der Waals surface area contributed by atoms with Gasteiger partial charge in [-0.05, 0) is 39.0 Å². The van der Waals surface area contributed by atoms with E-state index in [1.165, 1.54) is 37.2 Å². The van der Waals surface area contributed by atoms with Gasteiger partial charge in [0.2, 0.25) is 5.95 Å². The van der Waals surface area contributed by atoms with Crippen LogP contribution in [0.15, 0.2) is 30.6 Å². The van der Waals surface area contributed by atoms with Crippen molar-refractivity contribution < 1.29 is 26.7 Å². The van der Waals surface area contributed by atoms with Crippen molar-refractivity contribution in [1.29, 1.82) is 0 Å². The number of alkyl halides is 3. The fourth-order valence-electron chi connectivity index (χ4n) is 4.70. The molecule has 4 heterocycles. The molecule has 13 heteroatoms. The predicted octanol–water partition coefficient (Wildman–Crippen LogP) is 3.24. The summed E-state index contributed by atoms with van der Waals surface area (Å²) in [6, 6.07) is 3.02. The number of aryl methyl sites for hydroxylation is 1. The molecule has 0 unspecified atom stereocenters. The lowest BCUT2D eigenvalue weighted by Gasteiger charge is -2.24. The molecule has 0 saturated carbocycles. The third-order valence-electron chi connectivity index (χ3n) is 6.50. The number of carbonyl (C=O) groups is 1. The lowest BCUT2D eigenvalue weighted by atomic mass is 9.94. The molecule has 2 aliphatic heterocycles. The molecule has 2 atom stereocenters. The van der Waals surface area contributed by atoms with Crippen LogP contribution in [0, 0.1) is 18.6 Å². The molecule has 1 aromatic carbocycles. The normalized spacial score (nSPS) is 23.9. The van der Waals surface area contributed by atoms with E-state index in [2.05, 4.69) is 20.2 Å². The maximum atomic E-state index is 16.0. The number of carbonyl (C=O) groups excluding carboxylic acids is 1. The van der Waals surface area contributed by atoms with Gasteiger partial charge in [0.1, 0.15) is 22.7 Å². The van der Waals surface area contributed by atoms with Crippen molar-refractivity contribution in [2.45, 2.75) is 37.8 Å². The second-order valence-corrected chi connectivity index (χ2v) is 9.69. The Hall–Kier alpha value is -3.64. The molecule has 0 radical (unpaired) electrons. The Kier molecular flexibility index (Phi) is 5.31. The van der Waals surface area contributed by atoms with Crippen molar-refractivity contribution >= 4 is 11.9 Å². The van der Waals surface area contributed by atoms with Gasteiger partial charge in [-0.15, -0.1) is 4.80 Å². The monoisotopic (exact) mass is 507 g/mol. The van der Waals surface area contributed by atoms with E-state index in [4.69, 9.17) is 0 Å². The van der Waals surface area contributed by atoms with Crippen molar-refractivity contribution in [2.75, 3.05) is 31.1 Å². The van der Waals surface area contributed by atoms with Crippen LogP contribution in [0.3, 0.4) is 0 Å². The smallest absolute Gasteiger partial charge is 0.259 e. The summed E-state index contributed by atoms with van der Waals surface area (Å²) in [4.78, 5) is 24.4. The van der Waals surface area contributed by atoms with Gasteiger partial charge in [0.15, 0.2) is 17.2 Å². The Bertz CT molecular complexity index is 1330. The van der Waals surface area contributed by atoms with E-state index in [0.717, 1.165) is 21.8 Å². The largest absolute Gasteiger partial charge is 0.334 e. The maximum absolute atomic E-state index is 16.0. The molecule has 0 bridgehead atoms. The molecule has 1 amide bonds. The zero-order valence-electron chi connectivity index (χ0n) is 19.6. The van der Waals surface area contributed by atoms with Gasteiger partial charge in [-0.3, -0.25) is 4.79 Å². The molecular formula is C23H22F5N7O. The molecule has 0 aliphatic carbocycles. The number of likely N-dealkylation sites (tertiary alicyclic amines) is 1. The van der Waals surface area contributed by atoms with Crippen LogP contribution in [0.1, 0.15) is 35.6 Å². The highest BCUT2D eigenvalue weighted by molar-refractivity contribution is 5.98. The fourth-order valence-corrected chi connectivity index (χ4v) is 4.70. The first-order valence-corrected chi connectivity index (χ1v) is 11.1. The van der Waals surface area contributed by atoms with Crippen LogP contribution in [0.4, 0.5) is 27.9 Å². The van der Waals surface area contributed by atoms with Crippen LogP contribution in [-0.2, 0) is 5.67 Å². The quantitative estimate of drug-likeness (QED) is 0.505. The number of benzene rings is 1. The summed E-state index contributed by atoms with van der Waals surface area (Å²) in [5.74, 6) is -3.18. The van der Waals surface area contributed by atoms with Crippen LogP contribution < -0.4 is 4.90 Å². The number of aromatic nitrogens is 5. The third kappa shape index (κ3) is 3.77. The van der Waals surface area contributed by atoms with Crippen LogP contribution >= 0.6 is 0 Å². The van der Waals surface area contributed by atoms with E-state index in [-0.39, 0.29) is 11.6 Å². The number of hydrogen-bond donors (Lipinski definition) is 0. The SMILES string of the molecule is Cc1cc(C(C)(C)F)nc(N2C[C@]3(F)CN(C(=O)c4c(F)ccc(F)c4-n4nccn4)C[C@]3(F)C2)n1. The summed E-state index contributed by atoms with van der Waals surface area (Å²) in [6.45, 7) is 1.79. The molecule has 3 aromatic rings. The minimum atomic E-state index is -2.55. The summed E-state index contributed by atoms with van der Waals surface area (Å²) < 4.78 is 75.8. The maximum Gasteiger partial charge on any atom is 0.259 e. The van der Waals surface area contributed by atoms with Gasteiger partial charge in [-0.25, -0.2) is 31.9 Å². The zero-order chi connectivity index (χ0) is 26.0. The molecule has 8 nitrogen and oxygen atoms in total. The number of hydrogen-bond acceptors (Lipinski definition) is 6. The van der Waals surface area contributed by atoms with E-state index in [1.807, 2.05) is 0 Å². The number of rotatable bonds is 4. The summed E-state index contributed by atoms with van der Waals surface area (Å²) >= 11 is 0. The van der Waals surface area contributed by atoms with Crippen molar-refractivity contribution in [3.05, 3.63) is 59.2 Å². The Morgan fingerprint density at radius 1 is 0.972 bits per heavy atom. The van der Waals surface area contributed by atoms with Crippen LogP contribution in [0.25, 0.3) is 5.69 Å². The minimum Gasteiger partial charge on any atom is -0.334 e. The minimum absolute atomic E-state index is 0.0275. The Balaban J connectivity index is 1.44. The molecule has 2 aliphatic rings. The number of amides is 1. The average molecular weight is 507 g/mol. The lowest BCUT2D eigenvalue weighted by Crippen LogP contribution is -2.44. The summed E-state index contributed by atoms with van der Waals surface area (Å²) in [5, 5.41) is 7.50. The molecule has 2 aromatic heterocycles. The molecule has 36 heavy (non-hydrogen) atoms. The highest BCUT2D eigenvalue weighted by Gasteiger charge is 2.67. The number of fused-ring (bicyclic) bond motifs is 1. The van der Waals surface area contributed by atoms with E-state index < -0.39 is 72.0 Å². The van der Waals surface area contributed by atoms with Crippen molar-refractivity contribution in [3.63, 3.8) is 0 Å². The van der Waals surface area contributed by atoms with Gasteiger partial charge >= 0.3 is 0 Å². The molecule has 2 fully saturated rings. The zero-order valence-corrected chi connectivity index (χ0v) is 19.6. The first-order valence-electron chi connectivity index (χ1n) is 11.1.